The Bertz CT molecular complexity index is 1230. The summed E-state index contributed by atoms with van der Waals surface area (Å²) in [5.41, 5.74) is 4.94. The van der Waals surface area contributed by atoms with E-state index in [0.717, 1.165) is 6.04 Å². The van der Waals surface area contributed by atoms with Crippen molar-refractivity contribution in [3.05, 3.63) is 65.5 Å². The van der Waals surface area contributed by atoms with E-state index < -0.39 is 0 Å². The van der Waals surface area contributed by atoms with E-state index in [1.165, 1.54) is 80.8 Å². The number of benzene rings is 1. The van der Waals surface area contributed by atoms with Crippen LogP contribution in [0.15, 0.2) is 60.0 Å². The van der Waals surface area contributed by atoms with Crippen LogP contribution in [0.3, 0.4) is 0 Å². The highest BCUT2D eigenvalue weighted by Crippen LogP contribution is 2.69. The highest BCUT2D eigenvalue weighted by Gasteiger charge is 2.66. The normalized spacial score (nSPS) is 43.5. The molecule has 2 spiro atoms. The van der Waals surface area contributed by atoms with Gasteiger partial charge >= 0.3 is 0 Å². The number of ether oxygens (including phenoxy) is 1. The molecule has 2 saturated heterocycles. The second-order valence-corrected chi connectivity index (χ2v) is 12.1. The van der Waals surface area contributed by atoms with Gasteiger partial charge in [0.1, 0.15) is 0 Å². The molecule has 3 aliphatic heterocycles. The fraction of sp³-hybridized carbons (Fsp3) is 0.567. The average Bonchev–Trinajstić information content (AvgIpc) is 3.56. The Kier molecular flexibility index (Phi) is 3.73. The number of hydrogen-bond acceptors (Lipinski definition) is 3. The van der Waals surface area contributed by atoms with Crippen LogP contribution in [-0.4, -0.2) is 40.2 Å². The fourth-order valence-electron chi connectivity index (χ4n) is 8.98. The zero-order valence-electron chi connectivity index (χ0n) is 19.7. The average molecular weight is 439 g/mol. The topological polar surface area (TPSA) is 25.1 Å². The second-order valence-electron chi connectivity index (χ2n) is 12.1. The van der Waals surface area contributed by atoms with E-state index in [1.807, 2.05) is 12.4 Å². The first kappa shape index (κ1) is 19.3. The summed E-state index contributed by atoms with van der Waals surface area (Å²) in [5, 5.41) is 2.57. The maximum absolute atomic E-state index is 7.45. The zero-order chi connectivity index (χ0) is 21.8. The molecule has 1 unspecified atom stereocenters. The summed E-state index contributed by atoms with van der Waals surface area (Å²) in [5.74, 6) is 1.22. The van der Waals surface area contributed by atoms with Gasteiger partial charge in [0.05, 0.1) is 11.2 Å². The quantitative estimate of drug-likeness (QED) is 0.525. The Morgan fingerprint density at radius 2 is 2.00 bits per heavy atom. The molecule has 2 bridgehead atoms. The minimum atomic E-state index is -0.0373. The summed E-state index contributed by atoms with van der Waals surface area (Å²) in [7, 11) is 0. The number of nitrogens with zero attached hydrogens (tertiary/aromatic N) is 2. The smallest absolute Gasteiger partial charge is 0.0974 e. The van der Waals surface area contributed by atoms with Gasteiger partial charge in [-0.25, -0.2) is 0 Å². The maximum atomic E-state index is 7.45. The van der Waals surface area contributed by atoms with Gasteiger partial charge in [0, 0.05) is 36.9 Å². The number of aromatic nitrogens is 1. The summed E-state index contributed by atoms with van der Waals surface area (Å²) >= 11 is 0. The van der Waals surface area contributed by atoms with Gasteiger partial charge in [-0.3, -0.25) is 9.88 Å². The summed E-state index contributed by atoms with van der Waals surface area (Å²) in [6.07, 6.45) is 19.2. The van der Waals surface area contributed by atoms with E-state index in [4.69, 9.17) is 4.74 Å². The standard InChI is InChI=1S/C30H34N2O/c1-28-10-8-24-17-23-4-5-25(32-14-15-32)18-29(23)11-12-30(24,33-29)27(28)7-6-26(28)21-3-2-20-9-13-31-19-22(20)16-21/h2-3,8-9,13,16-17,19,25-27H,4-7,10-12,14-15,18H2,1H3/t25-,26-,27-,28?,29-,30-/m1/s1. The van der Waals surface area contributed by atoms with Gasteiger partial charge in [-0.15, -0.1) is 0 Å². The van der Waals surface area contributed by atoms with Gasteiger partial charge in [0.15, 0.2) is 0 Å². The van der Waals surface area contributed by atoms with E-state index in [2.05, 4.69) is 53.2 Å². The molecule has 0 amide bonds. The van der Waals surface area contributed by atoms with Crippen LogP contribution in [-0.2, 0) is 4.74 Å². The minimum Gasteiger partial charge on any atom is -0.359 e. The van der Waals surface area contributed by atoms with E-state index >= 15 is 0 Å². The number of allylic oxidation sites excluding steroid dienone is 1. The zero-order valence-corrected chi connectivity index (χ0v) is 19.7. The molecule has 0 radical (unpaired) electrons. The number of fused-ring (bicyclic) bond motifs is 2. The van der Waals surface area contributed by atoms with Crippen LogP contribution in [0.4, 0.5) is 0 Å². The van der Waals surface area contributed by atoms with Crippen molar-refractivity contribution >= 4 is 10.8 Å². The monoisotopic (exact) mass is 438 g/mol. The number of hydrogen-bond donors (Lipinski definition) is 0. The van der Waals surface area contributed by atoms with Crippen LogP contribution in [0, 0.1) is 11.3 Å². The summed E-state index contributed by atoms with van der Waals surface area (Å²) < 4.78 is 7.45. The summed E-state index contributed by atoms with van der Waals surface area (Å²) in [4.78, 5) is 7.06. The lowest BCUT2D eigenvalue weighted by atomic mass is 9.58. The molecule has 4 heterocycles. The Morgan fingerprint density at radius 1 is 1.06 bits per heavy atom. The Hall–Kier alpha value is -1.97. The van der Waals surface area contributed by atoms with Crippen molar-refractivity contribution in [2.24, 2.45) is 11.3 Å². The predicted octanol–water partition coefficient (Wildman–Crippen LogP) is 6.16. The van der Waals surface area contributed by atoms with Crippen LogP contribution >= 0.6 is 0 Å². The number of pyridine rings is 1. The lowest BCUT2D eigenvalue weighted by Crippen LogP contribution is -2.54. The maximum Gasteiger partial charge on any atom is 0.0974 e. The number of rotatable bonds is 2. The second kappa shape index (κ2) is 6.37. The van der Waals surface area contributed by atoms with Crippen LogP contribution in [0.5, 0.6) is 0 Å². The first-order valence-electron chi connectivity index (χ1n) is 13.3. The van der Waals surface area contributed by atoms with Gasteiger partial charge in [-0.2, -0.15) is 0 Å². The van der Waals surface area contributed by atoms with Crippen molar-refractivity contribution in [3.63, 3.8) is 0 Å². The van der Waals surface area contributed by atoms with E-state index in [0.29, 0.717) is 11.8 Å². The molecule has 6 atom stereocenters. The lowest BCUT2D eigenvalue weighted by Gasteiger charge is -2.54. The van der Waals surface area contributed by atoms with Crippen LogP contribution < -0.4 is 0 Å². The molecule has 1 aromatic carbocycles. The molecular formula is C30H34N2O. The van der Waals surface area contributed by atoms with Crippen molar-refractivity contribution < 1.29 is 4.74 Å². The molecule has 6 aliphatic rings. The Morgan fingerprint density at radius 3 is 2.91 bits per heavy atom. The van der Waals surface area contributed by atoms with Gasteiger partial charge in [0.25, 0.3) is 0 Å². The van der Waals surface area contributed by atoms with Crippen molar-refractivity contribution in [3.8, 4) is 0 Å². The van der Waals surface area contributed by atoms with Gasteiger partial charge < -0.3 is 4.74 Å². The molecule has 3 nitrogen and oxygen atoms in total. The molecular weight excluding hydrogens is 404 g/mol. The van der Waals surface area contributed by atoms with Gasteiger partial charge in [0.2, 0.25) is 0 Å². The molecule has 2 saturated carbocycles. The predicted molar refractivity (Wildman–Crippen MR) is 131 cm³/mol. The van der Waals surface area contributed by atoms with Gasteiger partial charge in [-0.1, -0.05) is 31.2 Å². The van der Waals surface area contributed by atoms with Gasteiger partial charge in [-0.05, 0) is 103 Å². The first-order valence-corrected chi connectivity index (χ1v) is 13.3. The van der Waals surface area contributed by atoms with Crippen LogP contribution in [0.1, 0.15) is 69.8 Å². The molecule has 1 aromatic heterocycles. The lowest BCUT2D eigenvalue weighted by molar-refractivity contribution is -0.138. The first-order chi connectivity index (χ1) is 16.1. The molecule has 33 heavy (non-hydrogen) atoms. The van der Waals surface area contributed by atoms with Crippen molar-refractivity contribution in [1.29, 1.82) is 0 Å². The van der Waals surface area contributed by atoms with E-state index in [1.54, 1.807) is 11.1 Å². The van der Waals surface area contributed by atoms with Crippen molar-refractivity contribution in [1.82, 2.24) is 9.88 Å². The van der Waals surface area contributed by atoms with Crippen molar-refractivity contribution in [2.75, 3.05) is 13.1 Å². The minimum absolute atomic E-state index is 0.0355. The van der Waals surface area contributed by atoms with E-state index in [-0.39, 0.29) is 16.6 Å². The molecule has 3 heteroatoms. The molecule has 170 valence electrons. The third-order valence-electron chi connectivity index (χ3n) is 10.7. The largest absolute Gasteiger partial charge is 0.359 e. The highest BCUT2D eigenvalue weighted by atomic mass is 16.5. The third-order valence-corrected chi connectivity index (χ3v) is 10.7. The van der Waals surface area contributed by atoms with Crippen molar-refractivity contribution in [2.45, 2.75) is 81.5 Å². The third kappa shape index (κ3) is 2.51. The highest BCUT2D eigenvalue weighted by molar-refractivity contribution is 5.82. The summed E-state index contributed by atoms with van der Waals surface area (Å²) in [6.45, 7) is 5.19. The molecule has 4 fully saturated rings. The summed E-state index contributed by atoms with van der Waals surface area (Å²) in [6, 6.07) is 9.99. The molecule has 2 aromatic rings. The Labute approximate surface area is 196 Å². The Balaban J connectivity index is 1.18. The van der Waals surface area contributed by atoms with Crippen LogP contribution in [0.25, 0.3) is 10.8 Å². The van der Waals surface area contributed by atoms with Crippen LogP contribution in [0.2, 0.25) is 0 Å². The molecule has 3 aliphatic carbocycles. The fourth-order valence-corrected chi connectivity index (χ4v) is 8.98. The van der Waals surface area contributed by atoms with E-state index in [9.17, 15) is 0 Å². The SMILES string of the molecule is CC12CC=C3C=C4CC[C@@H](N5CC5)C[C@]45CC[C@]3(O5)[C@@H]1CC[C@@H]2c1ccc2ccncc2c1. The molecule has 8 rings (SSSR count). The molecule has 0 N–H and O–H groups in total.